The van der Waals surface area contributed by atoms with Gasteiger partial charge in [-0.15, -0.1) is 0 Å². The lowest BCUT2D eigenvalue weighted by Crippen LogP contribution is -2.62. The van der Waals surface area contributed by atoms with Crippen molar-refractivity contribution in [1.82, 2.24) is 36.4 Å². The van der Waals surface area contributed by atoms with Crippen molar-refractivity contribution in [2.45, 2.75) is 109 Å². The van der Waals surface area contributed by atoms with Crippen LogP contribution in [0.15, 0.2) is 30.3 Å². The Bertz CT molecular complexity index is 1280. The molecule has 6 atom stereocenters. The molecule has 0 aliphatic carbocycles. The third kappa shape index (κ3) is 12.7. The third-order valence-electron chi connectivity index (χ3n) is 8.95. The quantitative estimate of drug-likeness (QED) is 0.126. The molecule has 1 aromatic carbocycles. The van der Waals surface area contributed by atoms with E-state index >= 15 is 0 Å². The second-order valence-electron chi connectivity index (χ2n) is 13.9. The van der Waals surface area contributed by atoms with Crippen LogP contribution in [0.5, 0.6) is 0 Å². The Morgan fingerprint density at radius 3 is 1.92 bits per heavy atom. The van der Waals surface area contributed by atoms with E-state index in [9.17, 15) is 33.9 Å². The summed E-state index contributed by atoms with van der Waals surface area (Å²) < 4.78 is 0. The number of amides is 6. The first-order valence-electron chi connectivity index (χ1n) is 17.7. The van der Waals surface area contributed by atoms with Crippen LogP contribution in [0.2, 0.25) is 0 Å². The number of likely N-dealkylation sites (N-methyl/N-ethyl adjacent to an activating group) is 2. The summed E-state index contributed by atoms with van der Waals surface area (Å²) in [6.45, 7) is 9.89. The van der Waals surface area contributed by atoms with Crippen LogP contribution in [-0.2, 0) is 35.2 Å². The van der Waals surface area contributed by atoms with Crippen molar-refractivity contribution in [1.29, 1.82) is 0 Å². The number of benzene rings is 1. The monoisotopic (exact) mass is 701 g/mol. The second-order valence-corrected chi connectivity index (χ2v) is 13.9. The van der Waals surface area contributed by atoms with Gasteiger partial charge in [-0.25, -0.2) is 0 Å². The fourth-order valence-corrected chi connectivity index (χ4v) is 6.19. The first kappa shape index (κ1) is 42.1. The molecule has 1 aliphatic heterocycles. The summed E-state index contributed by atoms with van der Waals surface area (Å²) >= 11 is 0. The van der Waals surface area contributed by atoms with Gasteiger partial charge in [0.05, 0.1) is 18.6 Å². The van der Waals surface area contributed by atoms with Crippen molar-refractivity contribution >= 4 is 35.4 Å². The van der Waals surface area contributed by atoms with Crippen LogP contribution < -0.4 is 26.6 Å². The van der Waals surface area contributed by atoms with E-state index in [4.69, 9.17) is 0 Å². The van der Waals surface area contributed by atoms with Gasteiger partial charge in [0.25, 0.3) is 0 Å². The van der Waals surface area contributed by atoms with Gasteiger partial charge in [0.15, 0.2) is 0 Å². The highest BCUT2D eigenvalue weighted by Crippen LogP contribution is 2.16. The average molecular weight is 702 g/mol. The normalized spacial score (nSPS) is 16.7. The van der Waals surface area contributed by atoms with Gasteiger partial charge in [-0.05, 0) is 57.1 Å². The van der Waals surface area contributed by atoms with Crippen LogP contribution in [-0.4, -0.2) is 121 Å². The standard InChI is InChI=1S/C36H59N7O7/c1-22(2)19-26(37-6)32(46)41-30(24(5)44)33(47)39-27(20-25-15-11-9-12-16-25)35(49)42(8)31(23(3)4)34(48)40-28(21-29(45)38-7)36(50)43-17-13-10-14-18-43/h9,11-12,15-16,22-24,26-28,30-31,37,44H,10,13-14,17-21H2,1-8H3,(H,38,45)(H,39,47)(H,40,48)(H,41,46)/t24-,26+,27+,28+,30+,31+/m1/s1. The topological polar surface area (TPSA) is 189 Å². The number of piperidine rings is 1. The molecule has 1 heterocycles. The summed E-state index contributed by atoms with van der Waals surface area (Å²) in [4.78, 5) is 83.7. The zero-order valence-electron chi connectivity index (χ0n) is 31.0. The highest BCUT2D eigenvalue weighted by atomic mass is 16.3. The molecule has 14 nitrogen and oxygen atoms in total. The first-order valence-corrected chi connectivity index (χ1v) is 17.7. The van der Waals surface area contributed by atoms with Gasteiger partial charge in [-0.1, -0.05) is 58.0 Å². The van der Waals surface area contributed by atoms with Crippen LogP contribution in [0.1, 0.15) is 72.3 Å². The molecular weight excluding hydrogens is 642 g/mol. The number of hydrogen-bond donors (Lipinski definition) is 6. The van der Waals surface area contributed by atoms with Gasteiger partial charge < -0.3 is 41.5 Å². The van der Waals surface area contributed by atoms with E-state index in [0.29, 0.717) is 19.5 Å². The molecule has 0 spiro atoms. The number of aliphatic hydroxyl groups excluding tert-OH is 1. The number of hydrogen-bond acceptors (Lipinski definition) is 8. The predicted octanol–water partition coefficient (Wildman–Crippen LogP) is 0.330. The molecule has 6 N–H and O–H groups in total. The van der Waals surface area contributed by atoms with Crippen molar-refractivity contribution in [3.63, 3.8) is 0 Å². The van der Waals surface area contributed by atoms with E-state index in [2.05, 4.69) is 26.6 Å². The molecule has 2 rings (SSSR count). The molecule has 0 radical (unpaired) electrons. The molecular formula is C36H59N7O7. The van der Waals surface area contributed by atoms with Crippen LogP contribution in [0, 0.1) is 11.8 Å². The molecule has 0 saturated carbocycles. The summed E-state index contributed by atoms with van der Waals surface area (Å²) in [5.41, 5.74) is 0.729. The summed E-state index contributed by atoms with van der Waals surface area (Å²) in [5.74, 6) is -3.44. The lowest BCUT2D eigenvalue weighted by molar-refractivity contribution is -0.146. The van der Waals surface area contributed by atoms with E-state index in [1.54, 1.807) is 50.1 Å². The van der Waals surface area contributed by atoms with Crippen molar-refractivity contribution in [3.05, 3.63) is 35.9 Å². The van der Waals surface area contributed by atoms with E-state index in [0.717, 1.165) is 24.8 Å². The van der Waals surface area contributed by atoms with Crippen LogP contribution in [0.3, 0.4) is 0 Å². The SMILES string of the molecule is CNC(=O)C[C@H](NC(=O)[C@H](C(C)C)N(C)C(=O)[C@H](Cc1ccccc1)NC(=O)[C@@H](NC(=O)[C@H](CC(C)C)NC)[C@@H](C)O)C(=O)N1CCCCC1. The largest absolute Gasteiger partial charge is 0.391 e. The molecule has 1 fully saturated rings. The van der Waals surface area contributed by atoms with Crippen molar-refractivity contribution < 1.29 is 33.9 Å². The highest BCUT2D eigenvalue weighted by molar-refractivity contribution is 5.97. The van der Waals surface area contributed by atoms with Crippen LogP contribution >= 0.6 is 0 Å². The number of likely N-dealkylation sites (tertiary alicyclic amines) is 1. The lowest BCUT2D eigenvalue weighted by Gasteiger charge is -2.35. The van der Waals surface area contributed by atoms with Gasteiger partial charge in [0, 0.05) is 33.6 Å². The zero-order valence-corrected chi connectivity index (χ0v) is 31.0. The fraction of sp³-hybridized carbons (Fsp3) is 0.667. The van der Waals surface area contributed by atoms with Gasteiger partial charge in [-0.2, -0.15) is 0 Å². The maximum Gasteiger partial charge on any atom is 0.245 e. The van der Waals surface area contributed by atoms with Gasteiger partial charge >= 0.3 is 0 Å². The molecule has 1 aromatic rings. The number of nitrogens with zero attached hydrogens (tertiary/aromatic N) is 2. The predicted molar refractivity (Wildman–Crippen MR) is 190 cm³/mol. The zero-order chi connectivity index (χ0) is 37.5. The molecule has 0 aromatic heterocycles. The van der Waals surface area contributed by atoms with E-state index in [1.165, 1.54) is 25.9 Å². The van der Waals surface area contributed by atoms with Crippen LogP contribution in [0.25, 0.3) is 0 Å². The Balaban J connectivity index is 2.37. The average Bonchev–Trinajstić information content (AvgIpc) is 3.08. The number of rotatable bonds is 18. The molecule has 0 bridgehead atoms. The second kappa shape index (κ2) is 20.6. The van der Waals surface area contributed by atoms with Crippen molar-refractivity contribution in [2.24, 2.45) is 11.8 Å². The van der Waals surface area contributed by atoms with Crippen molar-refractivity contribution in [2.75, 3.05) is 34.2 Å². The third-order valence-corrected chi connectivity index (χ3v) is 8.95. The summed E-state index contributed by atoms with van der Waals surface area (Å²) in [5, 5.41) is 24.1. The lowest BCUT2D eigenvalue weighted by atomic mass is 9.98. The molecule has 6 amide bonds. The molecule has 50 heavy (non-hydrogen) atoms. The minimum atomic E-state index is -1.36. The molecule has 1 saturated heterocycles. The smallest absolute Gasteiger partial charge is 0.245 e. The number of aliphatic hydroxyl groups is 1. The summed E-state index contributed by atoms with van der Waals surface area (Å²) in [7, 11) is 4.55. The highest BCUT2D eigenvalue weighted by Gasteiger charge is 2.38. The Hall–Kier alpha value is -4.04. The Labute approximate surface area is 296 Å². The summed E-state index contributed by atoms with van der Waals surface area (Å²) in [6.07, 6.45) is 1.68. The van der Waals surface area contributed by atoms with Gasteiger partial charge in [0.1, 0.15) is 24.2 Å². The minimum absolute atomic E-state index is 0.0574. The Morgan fingerprint density at radius 2 is 1.40 bits per heavy atom. The molecule has 14 heteroatoms. The van der Waals surface area contributed by atoms with E-state index in [-0.39, 0.29) is 24.7 Å². The van der Waals surface area contributed by atoms with Crippen molar-refractivity contribution in [3.8, 4) is 0 Å². The Morgan fingerprint density at radius 1 is 0.800 bits per heavy atom. The Kier molecular flexibility index (Phi) is 17.3. The molecule has 1 aliphatic rings. The number of carbonyl (C=O) groups excluding carboxylic acids is 6. The van der Waals surface area contributed by atoms with Gasteiger partial charge in [0.2, 0.25) is 35.4 Å². The van der Waals surface area contributed by atoms with Crippen LogP contribution in [0.4, 0.5) is 0 Å². The molecule has 280 valence electrons. The van der Waals surface area contributed by atoms with E-state index < -0.39 is 71.8 Å². The van der Waals surface area contributed by atoms with E-state index in [1.807, 2.05) is 19.9 Å². The fourth-order valence-electron chi connectivity index (χ4n) is 6.19. The molecule has 0 unspecified atom stereocenters. The first-order chi connectivity index (χ1) is 23.6. The summed E-state index contributed by atoms with van der Waals surface area (Å²) in [6, 6.07) is 3.66. The van der Waals surface area contributed by atoms with Gasteiger partial charge in [-0.3, -0.25) is 28.8 Å². The maximum absolute atomic E-state index is 14.2. The maximum atomic E-state index is 14.2. The number of nitrogens with one attached hydrogen (secondary N) is 5. The minimum Gasteiger partial charge on any atom is -0.391 e. The number of carbonyl (C=O) groups is 6.